The van der Waals surface area contributed by atoms with E-state index < -0.39 is 11.8 Å². The molecule has 0 bridgehead atoms. The molecule has 0 spiro atoms. The maximum atomic E-state index is 11.7. The number of hydrogen-bond donors (Lipinski definition) is 2. The lowest BCUT2D eigenvalue weighted by molar-refractivity contribution is -0.136. The number of aryl methyl sites for hydroxylation is 1. The van der Waals surface area contributed by atoms with Crippen LogP contribution in [0.3, 0.4) is 0 Å². The van der Waals surface area contributed by atoms with Crippen molar-refractivity contribution >= 4 is 29.1 Å². The van der Waals surface area contributed by atoms with E-state index in [-0.39, 0.29) is 6.04 Å². The standard InChI is InChI=1S/C13H17ClN2O2/c1-4-9(3)15-12(17)13(18)16-11-7-10(14)6-5-8(11)2/h5-7,9H,4H2,1-3H3,(H,15,17)(H,16,18). The summed E-state index contributed by atoms with van der Waals surface area (Å²) in [5, 5.41) is 5.66. The average molecular weight is 269 g/mol. The fraction of sp³-hybridized carbons (Fsp3) is 0.385. The van der Waals surface area contributed by atoms with Crippen LogP contribution in [0.1, 0.15) is 25.8 Å². The normalized spacial score (nSPS) is 11.8. The number of carbonyl (C=O) groups excluding carboxylic acids is 2. The number of nitrogens with one attached hydrogen (secondary N) is 2. The molecule has 0 saturated heterocycles. The summed E-state index contributed by atoms with van der Waals surface area (Å²) in [4.78, 5) is 23.2. The molecule has 98 valence electrons. The van der Waals surface area contributed by atoms with Gasteiger partial charge in [-0.1, -0.05) is 24.6 Å². The van der Waals surface area contributed by atoms with Gasteiger partial charge in [-0.2, -0.15) is 0 Å². The van der Waals surface area contributed by atoms with Crippen LogP contribution in [0.25, 0.3) is 0 Å². The number of benzene rings is 1. The first-order valence-corrected chi connectivity index (χ1v) is 6.19. The van der Waals surface area contributed by atoms with Gasteiger partial charge >= 0.3 is 11.8 Å². The van der Waals surface area contributed by atoms with Crippen molar-refractivity contribution in [3.8, 4) is 0 Å². The maximum absolute atomic E-state index is 11.7. The molecule has 2 N–H and O–H groups in total. The molecule has 2 amide bonds. The van der Waals surface area contributed by atoms with Crippen molar-refractivity contribution in [2.75, 3.05) is 5.32 Å². The molecule has 0 aliphatic rings. The van der Waals surface area contributed by atoms with Crippen LogP contribution in [0.2, 0.25) is 5.02 Å². The van der Waals surface area contributed by atoms with E-state index in [1.54, 1.807) is 18.2 Å². The lowest BCUT2D eigenvalue weighted by Gasteiger charge is -2.12. The molecule has 1 aromatic carbocycles. The Hall–Kier alpha value is -1.55. The van der Waals surface area contributed by atoms with Gasteiger partial charge in [0.2, 0.25) is 0 Å². The summed E-state index contributed by atoms with van der Waals surface area (Å²) in [5.41, 5.74) is 1.40. The van der Waals surface area contributed by atoms with Crippen LogP contribution in [-0.2, 0) is 9.59 Å². The van der Waals surface area contributed by atoms with E-state index in [4.69, 9.17) is 11.6 Å². The van der Waals surface area contributed by atoms with Crippen LogP contribution >= 0.6 is 11.6 Å². The number of halogens is 1. The molecule has 0 fully saturated rings. The van der Waals surface area contributed by atoms with Crippen molar-refractivity contribution < 1.29 is 9.59 Å². The van der Waals surface area contributed by atoms with Crippen LogP contribution in [0.5, 0.6) is 0 Å². The van der Waals surface area contributed by atoms with Gasteiger partial charge in [0.25, 0.3) is 0 Å². The third kappa shape index (κ3) is 4.04. The van der Waals surface area contributed by atoms with E-state index >= 15 is 0 Å². The molecule has 5 heteroatoms. The number of amides is 2. The molecule has 4 nitrogen and oxygen atoms in total. The smallest absolute Gasteiger partial charge is 0.313 e. The minimum Gasteiger partial charge on any atom is -0.345 e. The van der Waals surface area contributed by atoms with E-state index in [9.17, 15) is 9.59 Å². The zero-order chi connectivity index (χ0) is 13.7. The Balaban J connectivity index is 2.69. The Morgan fingerprint density at radius 2 is 2.00 bits per heavy atom. The van der Waals surface area contributed by atoms with Crippen LogP contribution in [0, 0.1) is 6.92 Å². The maximum Gasteiger partial charge on any atom is 0.313 e. The monoisotopic (exact) mass is 268 g/mol. The van der Waals surface area contributed by atoms with Crippen LogP contribution in [0.4, 0.5) is 5.69 Å². The largest absolute Gasteiger partial charge is 0.345 e. The molecule has 0 radical (unpaired) electrons. The Morgan fingerprint density at radius 1 is 1.33 bits per heavy atom. The van der Waals surface area contributed by atoms with E-state index in [1.165, 1.54) is 0 Å². The highest BCUT2D eigenvalue weighted by Crippen LogP contribution is 2.19. The highest BCUT2D eigenvalue weighted by molar-refractivity contribution is 6.40. The van der Waals surface area contributed by atoms with Crippen molar-refractivity contribution in [2.45, 2.75) is 33.2 Å². The molecule has 1 unspecified atom stereocenters. The molecule has 1 rings (SSSR count). The van der Waals surface area contributed by atoms with Crippen molar-refractivity contribution in [1.82, 2.24) is 5.32 Å². The predicted molar refractivity (Wildman–Crippen MR) is 72.7 cm³/mol. The van der Waals surface area contributed by atoms with Gasteiger partial charge in [-0.05, 0) is 38.0 Å². The van der Waals surface area contributed by atoms with Crippen LogP contribution in [-0.4, -0.2) is 17.9 Å². The first-order valence-electron chi connectivity index (χ1n) is 5.82. The molecule has 18 heavy (non-hydrogen) atoms. The van der Waals surface area contributed by atoms with Crippen molar-refractivity contribution in [2.24, 2.45) is 0 Å². The minimum absolute atomic E-state index is 0.0243. The summed E-state index contributed by atoms with van der Waals surface area (Å²) in [6, 6.07) is 5.10. The van der Waals surface area contributed by atoms with Gasteiger partial charge in [0, 0.05) is 16.8 Å². The number of rotatable bonds is 3. The molecule has 0 aliphatic carbocycles. The van der Waals surface area contributed by atoms with E-state index in [1.807, 2.05) is 20.8 Å². The number of carbonyl (C=O) groups is 2. The molecule has 0 aliphatic heterocycles. The zero-order valence-electron chi connectivity index (χ0n) is 10.7. The molecule has 0 saturated carbocycles. The van der Waals surface area contributed by atoms with E-state index in [0.717, 1.165) is 12.0 Å². The fourth-order valence-electron chi connectivity index (χ4n) is 1.30. The summed E-state index contributed by atoms with van der Waals surface area (Å²) in [5.74, 6) is -1.32. The number of anilines is 1. The first kappa shape index (κ1) is 14.5. The zero-order valence-corrected chi connectivity index (χ0v) is 11.5. The SMILES string of the molecule is CCC(C)NC(=O)C(=O)Nc1cc(Cl)ccc1C. The summed E-state index contributed by atoms with van der Waals surface area (Å²) >= 11 is 5.83. The summed E-state index contributed by atoms with van der Waals surface area (Å²) in [6.45, 7) is 5.61. The van der Waals surface area contributed by atoms with E-state index in [2.05, 4.69) is 10.6 Å². The third-order valence-electron chi connectivity index (χ3n) is 2.64. The third-order valence-corrected chi connectivity index (χ3v) is 2.88. The topological polar surface area (TPSA) is 58.2 Å². The van der Waals surface area contributed by atoms with Crippen molar-refractivity contribution in [3.05, 3.63) is 28.8 Å². The number of hydrogen-bond acceptors (Lipinski definition) is 2. The summed E-state index contributed by atoms with van der Waals surface area (Å²) in [7, 11) is 0. The fourth-order valence-corrected chi connectivity index (χ4v) is 1.47. The highest BCUT2D eigenvalue weighted by atomic mass is 35.5. The van der Waals surface area contributed by atoms with Crippen molar-refractivity contribution in [3.63, 3.8) is 0 Å². The average Bonchev–Trinajstić information content (AvgIpc) is 2.33. The second kappa shape index (κ2) is 6.40. The van der Waals surface area contributed by atoms with Gasteiger partial charge < -0.3 is 10.6 Å². The summed E-state index contributed by atoms with van der Waals surface area (Å²) < 4.78 is 0. The highest BCUT2D eigenvalue weighted by Gasteiger charge is 2.16. The first-order chi connectivity index (χ1) is 8.43. The molecule has 0 heterocycles. The lowest BCUT2D eigenvalue weighted by atomic mass is 10.2. The Kier molecular flexibility index (Phi) is 5.16. The molecular formula is C13H17ClN2O2. The second-order valence-electron chi connectivity index (χ2n) is 4.20. The minimum atomic E-state index is -0.680. The molecule has 1 atom stereocenters. The molecular weight excluding hydrogens is 252 g/mol. The van der Waals surface area contributed by atoms with Crippen LogP contribution < -0.4 is 10.6 Å². The predicted octanol–water partition coefficient (Wildman–Crippen LogP) is 2.50. The summed E-state index contributed by atoms with van der Waals surface area (Å²) in [6.07, 6.45) is 0.773. The van der Waals surface area contributed by atoms with Crippen molar-refractivity contribution in [1.29, 1.82) is 0 Å². The quantitative estimate of drug-likeness (QED) is 0.828. The molecule has 0 aromatic heterocycles. The van der Waals surface area contributed by atoms with Gasteiger partial charge in [0.15, 0.2) is 0 Å². The lowest BCUT2D eigenvalue weighted by Crippen LogP contribution is -2.40. The van der Waals surface area contributed by atoms with Crippen LogP contribution in [0.15, 0.2) is 18.2 Å². The molecule has 1 aromatic rings. The Bertz CT molecular complexity index is 460. The Labute approximate surface area is 112 Å². The van der Waals surface area contributed by atoms with Gasteiger partial charge in [-0.3, -0.25) is 9.59 Å². The van der Waals surface area contributed by atoms with Gasteiger partial charge in [-0.15, -0.1) is 0 Å². The van der Waals surface area contributed by atoms with Gasteiger partial charge in [0.1, 0.15) is 0 Å². The Morgan fingerprint density at radius 3 is 2.61 bits per heavy atom. The van der Waals surface area contributed by atoms with Gasteiger partial charge in [0.05, 0.1) is 0 Å². The van der Waals surface area contributed by atoms with E-state index in [0.29, 0.717) is 10.7 Å². The second-order valence-corrected chi connectivity index (χ2v) is 4.63. The van der Waals surface area contributed by atoms with Gasteiger partial charge in [-0.25, -0.2) is 0 Å².